The fraction of sp³-hybridized carbons (Fsp3) is 0.917. The third kappa shape index (κ3) is 2.09. The summed E-state index contributed by atoms with van der Waals surface area (Å²) in [6.07, 6.45) is 5.20. The highest BCUT2D eigenvalue weighted by Crippen LogP contribution is 2.76. The molecule has 17 heavy (non-hydrogen) atoms. The summed E-state index contributed by atoms with van der Waals surface area (Å²) in [5.74, 6) is 1.58. The minimum absolute atomic E-state index is 0.0731. The molecule has 0 aromatic heterocycles. The highest BCUT2D eigenvalue weighted by molar-refractivity contribution is 7.90. The summed E-state index contributed by atoms with van der Waals surface area (Å²) in [7, 11) is -2.87. The Balaban J connectivity index is 1.52. The number of hydrogen-bond donors (Lipinski definition) is 0. The molecule has 0 aromatic carbocycles. The Morgan fingerprint density at radius 2 is 1.82 bits per heavy atom. The van der Waals surface area contributed by atoms with E-state index >= 15 is 0 Å². The largest absolute Gasteiger partial charge is 0.342 e. The average molecular weight is 257 g/mol. The summed E-state index contributed by atoms with van der Waals surface area (Å²) in [6, 6.07) is 0. The van der Waals surface area contributed by atoms with E-state index in [9.17, 15) is 13.2 Å². The van der Waals surface area contributed by atoms with Crippen molar-refractivity contribution in [2.75, 3.05) is 25.1 Å². The lowest BCUT2D eigenvalue weighted by Gasteiger charge is -2.32. The third-order valence-electron chi connectivity index (χ3n) is 4.55. The normalized spacial score (nSPS) is 36.5. The zero-order valence-corrected chi connectivity index (χ0v) is 11.0. The zero-order chi connectivity index (χ0) is 12.3. The van der Waals surface area contributed by atoms with Crippen LogP contribution in [0.3, 0.4) is 0 Å². The van der Waals surface area contributed by atoms with E-state index in [0.29, 0.717) is 11.8 Å². The van der Waals surface area contributed by atoms with Crippen molar-refractivity contribution in [3.05, 3.63) is 0 Å². The number of fused-ring (bicyclic) bond motifs is 1. The molecular weight excluding hydrogens is 238 g/mol. The zero-order valence-electron chi connectivity index (χ0n) is 10.2. The van der Waals surface area contributed by atoms with Crippen LogP contribution >= 0.6 is 0 Å². The van der Waals surface area contributed by atoms with Gasteiger partial charge in [0.2, 0.25) is 5.91 Å². The Morgan fingerprint density at radius 1 is 1.29 bits per heavy atom. The van der Waals surface area contributed by atoms with Gasteiger partial charge in [0.1, 0.15) is 9.84 Å². The van der Waals surface area contributed by atoms with E-state index < -0.39 is 9.84 Å². The molecule has 1 aliphatic heterocycles. The van der Waals surface area contributed by atoms with Gasteiger partial charge in [0.15, 0.2) is 0 Å². The van der Waals surface area contributed by atoms with Crippen LogP contribution in [0.2, 0.25) is 0 Å². The molecule has 0 unspecified atom stereocenters. The van der Waals surface area contributed by atoms with Crippen molar-refractivity contribution in [1.29, 1.82) is 0 Å². The summed E-state index contributed by atoms with van der Waals surface area (Å²) in [4.78, 5) is 14.1. The molecule has 0 radical (unpaired) electrons. The van der Waals surface area contributed by atoms with E-state index in [1.165, 1.54) is 6.26 Å². The Kier molecular flexibility index (Phi) is 2.35. The molecule has 2 aliphatic carbocycles. The van der Waals surface area contributed by atoms with E-state index in [2.05, 4.69) is 0 Å². The van der Waals surface area contributed by atoms with Crippen LogP contribution in [0.15, 0.2) is 0 Å². The van der Waals surface area contributed by atoms with Gasteiger partial charge in [-0.05, 0) is 37.5 Å². The number of nitrogens with zero attached hydrogens (tertiary/aromatic N) is 1. The molecule has 3 fully saturated rings. The van der Waals surface area contributed by atoms with Crippen molar-refractivity contribution in [3.8, 4) is 0 Å². The van der Waals surface area contributed by atoms with E-state index in [-0.39, 0.29) is 17.1 Å². The smallest absolute Gasteiger partial charge is 0.229 e. The van der Waals surface area contributed by atoms with Crippen LogP contribution in [0.1, 0.15) is 25.7 Å². The molecule has 2 saturated carbocycles. The maximum Gasteiger partial charge on any atom is 0.229 e. The highest BCUT2D eigenvalue weighted by atomic mass is 32.2. The lowest BCUT2D eigenvalue weighted by Crippen LogP contribution is -2.41. The molecule has 3 rings (SSSR count). The van der Waals surface area contributed by atoms with Crippen LogP contribution in [0, 0.1) is 17.3 Å². The summed E-state index contributed by atoms with van der Waals surface area (Å²) in [5.41, 5.74) is 0.0731. The van der Waals surface area contributed by atoms with Crippen molar-refractivity contribution in [1.82, 2.24) is 4.90 Å². The van der Waals surface area contributed by atoms with Gasteiger partial charge >= 0.3 is 0 Å². The quantitative estimate of drug-likeness (QED) is 0.747. The molecule has 96 valence electrons. The molecule has 5 heteroatoms. The van der Waals surface area contributed by atoms with E-state index in [0.717, 1.165) is 38.8 Å². The van der Waals surface area contributed by atoms with Crippen LogP contribution in [-0.4, -0.2) is 44.3 Å². The molecule has 4 nitrogen and oxygen atoms in total. The fourth-order valence-electron chi connectivity index (χ4n) is 3.10. The molecule has 1 heterocycles. The van der Waals surface area contributed by atoms with Crippen LogP contribution in [-0.2, 0) is 14.6 Å². The first-order chi connectivity index (χ1) is 7.91. The first kappa shape index (κ1) is 11.5. The van der Waals surface area contributed by atoms with Crippen molar-refractivity contribution < 1.29 is 13.2 Å². The molecule has 0 atom stereocenters. The maximum atomic E-state index is 12.1. The minimum atomic E-state index is -2.87. The van der Waals surface area contributed by atoms with Gasteiger partial charge in [0.25, 0.3) is 0 Å². The number of piperidine rings is 1. The first-order valence-electron chi connectivity index (χ1n) is 6.38. The molecule has 0 aromatic rings. The maximum absolute atomic E-state index is 12.1. The van der Waals surface area contributed by atoms with Gasteiger partial charge in [-0.15, -0.1) is 0 Å². The van der Waals surface area contributed by atoms with Crippen LogP contribution in [0.25, 0.3) is 0 Å². The van der Waals surface area contributed by atoms with Gasteiger partial charge in [0.05, 0.1) is 11.2 Å². The lowest BCUT2D eigenvalue weighted by molar-refractivity contribution is -0.136. The Hall–Kier alpha value is -0.580. The summed E-state index contributed by atoms with van der Waals surface area (Å²) >= 11 is 0. The van der Waals surface area contributed by atoms with Gasteiger partial charge in [-0.1, -0.05) is 0 Å². The van der Waals surface area contributed by atoms with Crippen molar-refractivity contribution in [2.24, 2.45) is 17.3 Å². The molecule has 0 spiro atoms. The topological polar surface area (TPSA) is 54.5 Å². The van der Waals surface area contributed by atoms with Gasteiger partial charge < -0.3 is 4.90 Å². The Morgan fingerprint density at radius 3 is 2.24 bits per heavy atom. The standard InChI is InChI=1S/C12H19NO3S/c1-17(15,16)8-9-2-4-13(5-3-9)11(14)12-6-10(12)7-12/h9-10H,2-8H2,1H3. The van der Waals surface area contributed by atoms with Gasteiger partial charge in [-0.3, -0.25) is 4.79 Å². The van der Waals surface area contributed by atoms with E-state index in [1.54, 1.807) is 0 Å². The SMILES string of the molecule is CS(=O)(=O)CC1CCN(C(=O)C23CC2C3)CC1. The highest BCUT2D eigenvalue weighted by Gasteiger charge is 2.75. The second-order valence-electron chi connectivity index (χ2n) is 6.09. The van der Waals surface area contributed by atoms with Crippen molar-refractivity contribution in [2.45, 2.75) is 25.7 Å². The summed E-state index contributed by atoms with van der Waals surface area (Å²) in [5, 5.41) is 0. The van der Waals surface area contributed by atoms with Crippen molar-refractivity contribution in [3.63, 3.8) is 0 Å². The van der Waals surface area contributed by atoms with Crippen LogP contribution < -0.4 is 0 Å². The predicted octanol–water partition coefficient (Wildman–Crippen LogP) is 0.680. The van der Waals surface area contributed by atoms with E-state index in [4.69, 9.17) is 0 Å². The molecule has 0 N–H and O–H groups in total. The summed E-state index contributed by atoms with van der Waals surface area (Å²) < 4.78 is 22.4. The van der Waals surface area contributed by atoms with Crippen LogP contribution in [0.4, 0.5) is 0 Å². The van der Waals surface area contributed by atoms with Crippen LogP contribution in [0.5, 0.6) is 0 Å². The summed E-state index contributed by atoms with van der Waals surface area (Å²) in [6.45, 7) is 1.51. The molecule has 1 saturated heterocycles. The second-order valence-corrected chi connectivity index (χ2v) is 8.27. The Labute approximate surface area is 102 Å². The molecular formula is C12H19NO3S. The fourth-order valence-corrected chi connectivity index (χ4v) is 4.29. The molecule has 1 amide bonds. The number of sulfone groups is 1. The van der Waals surface area contributed by atoms with Gasteiger partial charge in [-0.2, -0.15) is 0 Å². The third-order valence-corrected chi connectivity index (χ3v) is 5.63. The average Bonchev–Trinajstić information content (AvgIpc) is 3.02. The van der Waals surface area contributed by atoms with Crippen molar-refractivity contribution >= 4 is 15.7 Å². The number of carbonyl (C=O) groups is 1. The number of likely N-dealkylation sites (tertiary alicyclic amines) is 1. The first-order valence-corrected chi connectivity index (χ1v) is 8.44. The van der Waals surface area contributed by atoms with Gasteiger partial charge in [-0.25, -0.2) is 8.42 Å². The monoisotopic (exact) mass is 257 g/mol. The molecule has 3 aliphatic rings. The number of rotatable bonds is 3. The number of carbonyl (C=O) groups excluding carboxylic acids is 1. The number of amides is 1. The lowest BCUT2D eigenvalue weighted by atomic mass is 9.98. The molecule has 0 bridgehead atoms. The predicted molar refractivity (Wildman–Crippen MR) is 64.2 cm³/mol. The minimum Gasteiger partial charge on any atom is -0.342 e. The van der Waals surface area contributed by atoms with E-state index in [1.807, 2.05) is 4.90 Å². The number of hydrogen-bond acceptors (Lipinski definition) is 3. The second kappa shape index (κ2) is 3.46. The van der Waals surface area contributed by atoms with Gasteiger partial charge in [0, 0.05) is 19.3 Å². The Bertz CT molecular complexity index is 442.